The molecule has 0 aliphatic rings. The Bertz CT molecular complexity index is 584. The van der Waals surface area contributed by atoms with E-state index in [0.29, 0.717) is 12.5 Å². The Labute approximate surface area is 111 Å². The van der Waals surface area contributed by atoms with Gasteiger partial charge < -0.3 is 10.4 Å². The molecule has 1 aromatic heterocycles. The molecule has 1 unspecified atom stereocenters. The number of para-hydroxylation sites is 1. The number of rotatable bonds is 5. The summed E-state index contributed by atoms with van der Waals surface area (Å²) in [6.45, 7) is 4.11. The van der Waals surface area contributed by atoms with Gasteiger partial charge in [0.05, 0.1) is 11.4 Å². The van der Waals surface area contributed by atoms with E-state index in [0.717, 1.165) is 10.9 Å². The van der Waals surface area contributed by atoms with Crippen LogP contribution in [0.25, 0.3) is 10.9 Å². The number of hydrogen-bond donors (Lipinski definition) is 2. The van der Waals surface area contributed by atoms with Gasteiger partial charge in [0.2, 0.25) is 5.95 Å². The number of benzene rings is 1. The first-order valence-electron chi connectivity index (χ1n) is 6.26. The van der Waals surface area contributed by atoms with Gasteiger partial charge in [0, 0.05) is 18.1 Å². The van der Waals surface area contributed by atoms with Crippen molar-refractivity contribution in [3.05, 3.63) is 30.5 Å². The molecule has 5 heteroatoms. The molecule has 2 aromatic rings. The highest BCUT2D eigenvalue weighted by Gasteiger charge is 2.21. The monoisotopic (exact) mass is 259 g/mol. The molecule has 0 bridgehead atoms. The molecule has 0 radical (unpaired) electrons. The minimum atomic E-state index is -0.803. The van der Waals surface area contributed by atoms with Crippen LogP contribution in [0.15, 0.2) is 30.5 Å². The molecule has 2 rings (SSSR count). The molecule has 0 saturated heterocycles. The average Bonchev–Trinajstić information content (AvgIpc) is 2.38. The number of carboxylic acids is 1. The molecule has 0 saturated carbocycles. The zero-order valence-electron chi connectivity index (χ0n) is 11.0. The third-order valence-corrected chi connectivity index (χ3v) is 3.09. The SMILES string of the molecule is CC(C)C(CNc1ncc2ccccc2n1)C(=O)O. The number of carbonyl (C=O) groups is 1. The standard InChI is InChI=1S/C14H17N3O2/c1-9(2)11(13(18)19)8-16-14-15-7-10-5-3-4-6-12(10)17-14/h3-7,9,11H,8H2,1-2H3,(H,18,19)(H,15,16,17). The van der Waals surface area contributed by atoms with Crippen LogP contribution in [-0.2, 0) is 4.79 Å². The van der Waals surface area contributed by atoms with Crippen LogP contribution in [0, 0.1) is 11.8 Å². The average molecular weight is 259 g/mol. The van der Waals surface area contributed by atoms with Crippen molar-refractivity contribution < 1.29 is 9.90 Å². The van der Waals surface area contributed by atoms with Crippen molar-refractivity contribution in [2.75, 3.05) is 11.9 Å². The molecule has 1 heterocycles. The summed E-state index contributed by atoms with van der Waals surface area (Å²) in [6.07, 6.45) is 1.73. The molecule has 19 heavy (non-hydrogen) atoms. The lowest BCUT2D eigenvalue weighted by atomic mass is 9.96. The lowest BCUT2D eigenvalue weighted by molar-refractivity contribution is -0.142. The first-order valence-corrected chi connectivity index (χ1v) is 6.26. The molecule has 100 valence electrons. The zero-order chi connectivity index (χ0) is 13.8. The highest BCUT2D eigenvalue weighted by Crippen LogP contribution is 2.14. The smallest absolute Gasteiger partial charge is 0.308 e. The van der Waals surface area contributed by atoms with Crippen LogP contribution in [0.2, 0.25) is 0 Å². The summed E-state index contributed by atoms with van der Waals surface area (Å²) in [5, 5.41) is 13.1. The van der Waals surface area contributed by atoms with E-state index in [1.807, 2.05) is 38.1 Å². The number of fused-ring (bicyclic) bond motifs is 1. The fourth-order valence-electron chi connectivity index (χ4n) is 1.87. The van der Waals surface area contributed by atoms with Gasteiger partial charge in [-0.25, -0.2) is 9.97 Å². The maximum atomic E-state index is 11.1. The highest BCUT2D eigenvalue weighted by atomic mass is 16.4. The van der Waals surface area contributed by atoms with Crippen LogP contribution < -0.4 is 5.32 Å². The first kappa shape index (κ1) is 13.3. The van der Waals surface area contributed by atoms with E-state index in [1.54, 1.807) is 6.20 Å². The Morgan fingerprint density at radius 2 is 2.11 bits per heavy atom. The fourth-order valence-corrected chi connectivity index (χ4v) is 1.87. The van der Waals surface area contributed by atoms with Crippen molar-refractivity contribution in [3.63, 3.8) is 0 Å². The van der Waals surface area contributed by atoms with E-state index < -0.39 is 11.9 Å². The van der Waals surface area contributed by atoms with Gasteiger partial charge in [-0.3, -0.25) is 4.79 Å². The molecule has 5 nitrogen and oxygen atoms in total. The number of anilines is 1. The predicted octanol–water partition coefficient (Wildman–Crippen LogP) is 2.40. The summed E-state index contributed by atoms with van der Waals surface area (Å²) in [5.41, 5.74) is 0.844. The topological polar surface area (TPSA) is 75.1 Å². The first-order chi connectivity index (χ1) is 9.08. The van der Waals surface area contributed by atoms with Crippen LogP contribution in [0.5, 0.6) is 0 Å². The van der Waals surface area contributed by atoms with Crippen LogP contribution >= 0.6 is 0 Å². The van der Waals surface area contributed by atoms with Gasteiger partial charge >= 0.3 is 5.97 Å². The van der Waals surface area contributed by atoms with Crippen LogP contribution in [0.4, 0.5) is 5.95 Å². The van der Waals surface area contributed by atoms with Crippen molar-refractivity contribution in [1.82, 2.24) is 9.97 Å². The molecule has 1 aromatic carbocycles. The maximum absolute atomic E-state index is 11.1. The second kappa shape index (κ2) is 5.65. The van der Waals surface area contributed by atoms with E-state index in [1.165, 1.54) is 0 Å². The van der Waals surface area contributed by atoms with Gasteiger partial charge in [0.15, 0.2) is 0 Å². The zero-order valence-corrected chi connectivity index (χ0v) is 11.0. The molecule has 0 aliphatic carbocycles. The van der Waals surface area contributed by atoms with Crippen molar-refractivity contribution in [3.8, 4) is 0 Å². The fraction of sp³-hybridized carbons (Fsp3) is 0.357. The highest BCUT2D eigenvalue weighted by molar-refractivity contribution is 5.78. The van der Waals surface area contributed by atoms with Crippen molar-refractivity contribution >= 4 is 22.8 Å². The third kappa shape index (κ3) is 3.19. The summed E-state index contributed by atoms with van der Waals surface area (Å²) in [7, 11) is 0. The van der Waals surface area contributed by atoms with E-state index in [9.17, 15) is 4.79 Å². The molecular formula is C14H17N3O2. The molecule has 0 aliphatic heterocycles. The van der Waals surface area contributed by atoms with Gasteiger partial charge in [-0.05, 0) is 12.0 Å². The lowest BCUT2D eigenvalue weighted by Crippen LogP contribution is -2.28. The van der Waals surface area contributed by atoms with Crippen LogP contribution in [-0.4, -0.2) is 27.6 Å². The van der Waals surface area contributed by atoms with Gasteiger partial charge in [-0.2, -0.15) is 0 Å². The van der Waals surface area contributed by atoms with E-state index in [4.69, 9.17) is 5.11 Å². The third-order valence-electron chi connectivity index (χ3n) is 3.09. The Kier molecular flexibility index (Phi) is 3.94. The Balaban J connectivity index is 2.11. The van der Waals surface area contributed by atoms with Crippen LogP contribution in [0.1, 0.15) is 13.8 Å². The van der Waals surface area contributed by atoms with Gasteiger partial charge in [-0.15, -0.1) is 0 Å². The van der Waals surface area contributed by atoms with Gasteiger partial charge in [-0.1, -0.05) is 32.0 Å². The summed E-state index contributed by atoms with van der Waals surface area (Å²) >= 11 is 0. The minimum absolute atomic E-state index is 0.0606. The summed E-state index contributed by atoms with van der Waals surface area (Å²) < 4.78 is 0. The second-order valence-electron chi connectivity index (χ2n) is 4.82. The number of nitrogens with zero attached hydrogens (tertiary/aromatic N) is 2. The summed E-state index contributed by atoms with van der Waals surface area (Å²) in [6, 6.07) is 7.68. The van der Waals surface area contributed by atoms with Gasteiger partial charge in [0.25, 0.3) is 0 Å². The molecule has 0 fully saturated rings. The number of carboxylic acid groups (broad SMARTS) is 1. The number of hydrogen-bond acceptors (Lipinski definition) is 4. The van der Waals surface area contributed by atoms with Crippen LogP contribution in [0.3, 0.4) is 0 Å². The lowest BCUT2D eigenvalue weighted by Gasteiger charge is -2.16. The molecule has 2 N–H and O–H groups in total. The molecule has 1 atom stereocenters. The predicted molar refractivity (Wildman–Crippen MR) is 74.0 cm³/mol. The summed E-state index contributed by atoms with van der Waals surface area (Å²) in [5.74, 6) is -0.727. The summed E-state index contributed by atoms with van der Waals surface area (Å²) in [4.78, 5) is 19.6. The minimum Gasteiger partial charge on any atom is -0.481 e. The van der Waals surface area contributed by atoms with E-state index in [2.05, 4.69) is 15.3 Å². The van der Waals surface area contributed by atoms with Crippen molar-refractivity contribution in [2.45, 2.75) is 13.8 Å². The number of aliphatic carboxylic acids is 1. The van der Waals surface area contributed by atoms with E-state index >= 15 is 0 Å². The largest absolute Gasteiger partial charge is 0.481 e. The van der Waals surface area contributed by atoms with Gasteiger partial charge in [0.1, 0.15) is 0 Å². The Morgan fingerprint density at radius 1 is 1.37 bits per heavy atom. The van der Waals surface area contributed by atoms with Crippen molar-refractivity contribution in [1.29, 1.82) is 0 Å². The van der Waals surface area contributed by atoms with Crippen molar-refractivity contribution in [2.24, 2.45) is 11.8 Å². The second-order valence-corrected chi connectivity index (χ2v) is 4.82. The number of aromatic nitrogens is 2. The number of nitrogens with one attached hydrogen (secondary N) is 1. The van der Waals surface area contributed by atoms with E-state index in [-0.39, 0.29) is 5.92 Å². The quantitative estimate of drug-likeness (QED) is 0.862. The maximum Gasteiger partial charge on any atom is 0.308 e. The molecule has 0 amide bonds. The normalized spacial score (nSPS) is 12.6. The molecular weight excluding hydrogens is 242 g/mol. The Morgan fingerprint density at radius 3 is 2.79 bits per heavy atom. The molecule has 0 spiro atoms. The Hall–Kier alpha value is -2.17.